The van der Waals surface area contributed by atoms with Gasteiger partial charge in [0, 0.05) is 35.1 Å². The van der Waals surface area contributed by atoms with Gasteiger partial charge in [0.1, 0.15) is 5.82 Å². The first kappa shape index (κ1) is 18.0. The second-order valence-electron chi connectivity index (χ2n) is 6.57. The van der Waals surface area contributed by atoms with E-state index < -0.39 is 0 Å². The number of hydrogen-bond donors (Lipinski definition) is 2. The van der Waals surface area contributed by atoms with Crippen molar-refractivity contribution >= 4 is 40.7 Å². The Morgan fingerprint density at radius 1 is 0.926 bits per heavy atom. The number of pyridine rings is 1. The minimum Gasteiger partial charge on any atom is -0.351 e. The number of nitrogens with one attached hydrogen (secondary N) is 2. The second kappa shape index (κ2) is 8.11. The van der Waals surface area contributed by atoms with Crippen LogP contribution in [0.25, 0.3) is 11.3 Å². The van der Waals surface area contributed by atoms with Crippen LogP contribution in [0.2, 0.25) is 10.0 Å². The summed E-state index contributed by atoms with van der Waals surface area (Å²) in [5, 5.41) is 7.92. The van der Waals surface area contributed by atoms with Crippen LogP contribution in [0.1, 0.15) is 25.7 Å². The van der Waals surface area contributed by atoms with E-state index in [0.29, 0.717) is 33.5 Å². The van der Waals surface area contributed by atoms with Crippen molar-refractivity contribution < 1.29 is 0 Å². The Bertz CT molecular complexity index is 927. The first-order chi connectivity index (χ1) is 13.2. The lowest BCUT2D eigenvalue weighted by atomic mass is 10.2. The maximum Gasteiger partial charge on any atom is 0.225 e. The van der Waals surface area contributed by atoms with Gasteiger partial charge in [0.2, 0.25) is 5.95 Å². The van der Waals surface area contributed by atoms with Gasteiger partial charge in [0.05, 0.1) is 16.4 Å². The fourth-order valence-corrected chi connectivity index (χ4v) is 3.57. The van der Waals surface area contributed by atoms with Gasteiger partial charge in [-0.15, -0.1) is 0 Å². The highest BCUT2D eigenvalue weighted by molar-refractivity contribution is 6.35. The molecular weight excluding hydrogens is 381 g/mol. The quantitative estimate of drug-likeness (QED) is 0.555. The van der Waals surface area contributed by atoms with E-state index in [2.05, 4.69) is 20.6 Å². The molecule has 0 radical (unpaired) electrons. The fraction of sp³-hybridized carbons (Fsp3) is 0.250. The van der Waals surface area contributed by atoms with E-state index >= 15 is 0 Å². The summed E-state index contributed by atoms with van der Waals surface area (Å²) in [6.45, 7) is 0. The molecule has 1 saturated carbocycles. The van der Waals surface area contributed by atoms with E-state index in [1.165, 1.54) is 12.8 Å². The van der Waals surface area contributed by atoms with Gasteiger partial charge in [-0.05, 0) is 43.2 Å². The Balaban J connectivity index is 1.69. The molecule has 0 unspecified atom stereocenters. The van der Waals surface area contributed by atoms with Crippen LogP contribution in [0.15, 0.2) is 48.8 Å². The minimum atomic E-state index is 0.417. The number of hydrogen-bond acceptors (Lipinski definition) is 5. The van der Waals surface area contributed by atoms with Gasteiger partial charge in [-0.1, -0.05) is 36.0 Å². The van der Waals surface area contributed by atoms with Crippen LogP contribution < -0.4 is 10.6 Å². The van der Waals surface area contributed by atoms with E-state index in [9.17, 15) is 0 Å². The number of aromatic nitrogens is 3. The van der Waals surface area contributed by atoms with Crippen LogP contribution in [-0.4, -0.2) is 21.0 Å². The first-order valence-corrected chi connectivity index (χ1v) is 9.71. The Morgan fingerprint density at radius 3 is 2.48 bits per heavy atom. The predicted octanol–water partition coefficient (Wildman–Crippen LogP) is 5.94. The van der Waals surface area contributed by atoms with Gasteiger partial charge in [-0.2, -0.15) is 4.98 Å². The monoisotopic (exact) mass is 399 g/mol. The molecule has 1 aliphatic rings. The average Bonchev–Trinajstić information content (AvgIpc) is 3.18. The zero-order valence-electron chi connectivity index (χ0n) is 14.6. The third-order valence-electron chi connectivity index (χ3n) is 4.58. The SMILES string of the molecule is Clc1ccc(Cl)c(Nc2cc(-c3ccncc3)nc(NC3CCCC3)n2)c1. The lowest BCUT2D eigenvalue weighted by Gasteiger charge is -2.15. The van der Waals surface area contributed by atoms with Gasteiger partial charge < -0.3 is 10.6 Å². The summed E-state index contributed by atoms with van der Waals surface area (Å²) < 4.78 is 0. The third-order valence-corrected chi connectivity index (χ3v) is 5.15. The smallest absolute Gasteiger partial charge is 0.225 e. The molecule has 0 amide bonds. The highest BCUT2D eigenvalue weighted by Crippen LogP contribution is 2.30. The van der Waals surface area contributed by atoms with Crippen molar-refractivity contribution in [2.24, 2.45) is 0 Å². The molecule has 2 N–H and O–H groups in total. The number of nitrogens with zero attached hydrogens (tertiary/aromatic N) is 3. The molecule has 2 heterocycles. The average molecular weight is 400 g/mol. The summed E-state index contributed by atoms with van der Waals surface area (Å²) in [6, 6.07) is 11.5. The molecule has 1 aromatic carbocycles. The van der Waals surface area contributed by atoms with Crippen molar-refractivity contribution in [1.82, 2.24) is 15.0 Å². The third kappa shape index (κ3) is 4.49. The van der Waals surface area contributed by atoms with Crippen LogP contribution in [0.5, 0.6) is 0 Å². The van der Waals surface area contributed by atoms with Crippen molar-refractivity contribution in [2.45, 2.75) is 31.7 Å². The van der Waals surface area contributed by atoms with E-state index in [1.807, 2.05) is 18.2 Å². The number of anilines is 3. The second-order valence-corrected chi connectivity index (χ2v) is 7.42. The molecule has 0 saturated heterocycles. The molecule has 2 aromatic heterocycles. The van der Waals surface area contributed by atoms with Crippen LogP contribution >= 0.6 is 23.2 Å². The molecule has 4 rings (SSSR count). The minimum absolute atomic E-state index is 0.417. The maximum atomic E-state index is 6.29. The Morgan fingerprint density at radius 2 is 1.70 bits per heavy atom. The number of benzene rings is 1. The van der Waals surface area contributed by atoms with Gasteiger partial charge in [0.25, 0.3) is 0 Å². The van der Waals surface area contributed by atoms with Crippen molar-refractivity contribution in [3.8, 4) is 11.3 Å². The Kier molecular flexibility index (Phi) is 5.41. The Labute approximate surface area is 168 Å². The molecular formula is C20H19Cl2N5. The number of rotatable bonds is 5. The van der Waals surface area contributed by atoms with Crippen LogP contribution in [-0.2, 0) is 0 Å². The molecule has 138 valence electrons. The van der Waals surface area contributed by atoms with E-state index in [4.69, 9.17) is 28.2 Å². The van der Waals surface area contributed by atoms with Crippen molar-refractivity contribution in [3.63, 3.8) is 0 Å². The van der Waals surface area contributed by atoms with E-state index in [0.717, 1.165) is 24.1 Å². The lowest BCUT2D eigenvalue weighted by Crippen LogP contribution is -2.17. The molecule has 5 nitrogen and oxygen atoms in total. The van der Waals surface area contributed by atoms with Gasteiger partial charge in [-0.25, -0.2) is 4.98 Å². The van der Waals surface area contributed by atoms with E-state index in [1.54, 1.807) is 30.6 Å². The topological polar surface area (TPSA) is 62.7 Å². The standard InChI is InChI=1S/C20H19Cl2N5/c21-14-5-6-16(22)18(11-14)25-19-12-17(13-7-9-23-10-8-13)26-20(27-19)24-15-3-1-2-4-15/h5-12,15H,1-4H2,(H2,24,25,26,27). The summed E-state index contributed by atoms with van der Waals surface area (Å²) in [7, 11) is 0. The highest BCUT2D eigenvalue weighted by Gasteiger charge is 2.17. The molecule has 3 aromatic rings. The molecule has 0 spiro atoms. The summed E-state index contributed by atoms with van der Waals surface area (Å²) in [6.07, 6.45) is 8.28. The highest BCUT2D eigenvalue weighted by atomic mass is 35.5. The summed E-state index contributed by atoms with van der Waals surface area (Å²) in [4.78, 5) is 13.4. The predicted molar refractivity (Wildman–Crippen MR) is 111 cm³/mol. The molecule has 0 aliphatic heterocycles. The molecule has 7 heteroatoms. The van der Waals surface area contributed by atoms with Gasteiger partial charge in [-0.3, -0.25) is 4.98 Å². The molecule has 1 fully saturated rings. The largest absolute Gasteiger partial charge is 0.351 e. The van der Waals surface area contributed by atoms with Crippen LogP contribution in [0.4, 0.5) is 17.5 Å². The Hall–Kier alpha value is -2.37. The van der Waals surface area contributed by atoms with E-state index in [-0.39, 0.29) is 0 Å². The molecule has 27 heavy (non-hydrogen) atoms. The maximum absolute atomic E-state index is 6.29. The van der Waals surface area contributed by atoms with Gasteiger partial charge >= 0.3 is 0 Å². The summed E-state index contributed by atoms with van der Waals surface area (Å²) in [5.74, 6) is 1.26. The summed E-state index contributed by atoms with van der Waals surface area (Å²) >= 11 is 12.4. The van der Waals surface area contributed by atoms with Crippen LogP contribution in [0.3, 0.4) is 0 Å². The molecule has 0 bridgehead atoms. The summed E-state index contributed by atoms with van der Waals surface area (Å²) in [5.41, 5.74) is 2.49. The van der Waals surface area contributed by atoms with Crippen molar-refractivity contribution in [1.29, 1.82) is 0 Å². The molecule has 1 aliphatic carbocycles. The number of halogens is 2. The zero-order chi connectivity index (χ0) is 18.6. The van der Waals surface area contributed by atoms with Gasteiger partial charge in [0.15, 0.2) is 0 Å². The lowest BCUT2D eigenvalue weighted by molar-refractivity contribution is 0.744. The zero-order valence-corrected chi connectivity index (χ0v) is 16.1. The molecule has 0 atom stereocenters. The fourth-order valence-electron chi connectivity index (χ4n) is 3.23. The van der Waals surface area contributed by atoms with Crippen LogP contribution in [0, 0.1) is 0 Å². The van der Waals surface area contributed by atoms with Crippen molar-refractivity contribution in [2.75, 3.05) is 10.6 Å². The first-order valence-electron chi connectivity index (χ1n) is 8.95. The van der Waals surface area contributed by atoms with Crippen molar-refractivity contribution in [3.05, 3.63) is 58.8 Å². The normalized spacial score (nSPS) is 14.3.